The molecule has 3 unspecified atom stereocenters. The number of hydrogen-bond donors (Lipinski definition) is 1. The van der Waals surface area contributed by atoms with Crippen molar-refractivity contribution >= 4 is 5.69 Å². The molecule has 2 rings (SSSR count). The summed E-state index contributed by atoms with van der Waals surface area (Å²) in [5.74, 6) is -1.83. The molecule has 0 radical (unpaired) electrons. The van der Waals surface area contributed by atoms with Crippen molar-refractivity contribution in [3.63, 3.8) is 0 Å². The van der Waals surface area contributed by atoms with Crippen LogP contribution in [0.15, 0.2) is 12.1 Å². The zero-order chi connectivity index (χ0) is 13.3. The third kappa shape index (κ3) is 2.79. The lowest BCUT2D eigenvalue weighted by atomic mass is 9.80. The molecule has 1 N–H and O–H groups in total. The summed E-state index contributed by atoms with van der Waals surface area (Å²) in [5.41, 5.74) is 0.0558. The first-order valence-corrected chi connectivity index (χ1v) is 6.38. The van der Waals surface area contributed by atoms with Gasteiger partial charge in [-0.3, -0.25) is 0 Å². The summed E-state index contributed by atoms with van der Waals surface area (Å²) in [5, 5.41) is 3.01. The Morgan fingerprint density at radius 2 is 1.67 bits per heavy atom. The first-order chi connectivity index (χ1) is 8.47. The van der Waals surface area contributed by atoms with Gasteiger partial charge in [-0.15, -0.1) is 0 Å². The molecule has 0 aliphatic heterocycles. The standard InChI is InChI=1S/C14H18F3N/c1-8-3-4-13(9(2)5-8)18-14-7-11(16)10(15)6-12(14)17/h6-9,13,18H,3-5H2,1-2H3. The Balaban J connectivity index is 2.12. The molecule has 0 saturated heterocycles. The maximum absolute atomic E-state index is 13.5. The van der Waals surface area contributed by atoms with Gasteiger partial charge in [0.1, 0.15) is 5.82 Å². The van der Waals surface area contributed by atoms with Crippen molar-refractivity contribution in [2.75, 3.05) is 5.32 Å². The molecule has 0 spiro atoms. The monoisotopic (exact) mass is 257 g/mol. The number of halogens is 3. The number of benzene rings is 1. The lowest BCUT2D eigenvalue weighted by Crippen LogP contribution is -2.33. The molecule has 1 nitrogen and oxygen atoms in total. The van der Waals surface area contributed by atoms with Crippen LogP contribution in [0.25, 0.3) is 0 Å². The Bertz CT molecular complexity index is 433. The fourth-order valence-corrected chi connectivity index (χ4v) is 2.71. The predicted octanol–water partition coefficient (Wildman–Crippen LogP) is 4.34. The van der Waals surface area contributed by atoms with Crippen LogP contribution >= 0.6 is 0 Å². The van der Waals surface area contributed by atoms with Gasteiger partial charge in [0.2, 0.25) is 0 Å². The molecule has 0 heterocycles. The van der Waals surface area contributed by atoms with Gasteiger partial charge in [0.05, 0.1) is 5.69 Å². The number of nitrogens with one attached hydrogen (secondary N) is 1. The molecule has 1 fully saturated rings. The Labute approximate surface area is 105 Å². The first-order valence-electron chi connectivity index (χ1n) is 6.38. The molecule has 1 saturated carbocycles. The van der Waals surface area contributed by atoms with E-state index in [4.69, 9.17) is 0 Å². The molecule has 1 aromatic rings. The Kier molecular flexibility index (Phi) is 3.83. The third-order valence-corrected chi connectivity index (χ3v) is 3.78. The Hall–Kier alpha value is -1.19. The zero-order valence-corrected chi connectivity index (χ0v) is 10.6. The summed E-state index contributed by atoms with van der Waals surface area (Å²) in [6, 6.07) is 1.61. The van der Waals surface area contributed by atoms with E-state index in [1.165, 1.54) is 0 Å². The van der Waals surface area contributed by atoms with E-state index >= 15 is 0 Å². The van der Waals surface area contributed by atoms with E-state index in [-0.39, 0.29) is 11.7 Å². The van der Waals surface area contributed by atoms with Gasteiger partial charge < -0.3 is 5.32 Å². The predicted molar refractivity (Wildman–Crippen MR) is 65.9 cm³/mol. The van der Waals surface area contributed by atoms with Gasteiger partial charge in [-0.2, -0.15) is 0 Å². The minimum absolute atomic E-state index is 0.0558. The average Bonchev–Trinajstić information content (AvgIpc) is 2.29. The van der Waals surface area contributed by atoms with Crippen LogP contribution < -0.4 is 5.32 Å². The smallest absolute Gasteiger partial charge is 0.161 e. The van der Waals surface area contributed by atoms with Gasteiger partial charge in [0.25, 0.3) is 0 Å². The van der Waals surface area contributed by atoms with Gasteiger partial charge in [-0.05, 0) is 31.1 Å². The van der Waals surface area contributed by atoms with Crippen LogP contribution in [-0.4, -0.2) is 6.04 Å². The van der Waals surface area contributed by atoms with Crippen LogP contribution in [0.4, 0.5) is 18.9 Å². The van der Waals surface area contributed by atoms with Crippen LogP contribution in [0.1, 0.15) is 33.1 Å². The maximum Gasteiger partial charge on any atom is 0.161 e. The maximum atomic E-state index is 13.5. The highest BCUT2D eigenvalue weighted by molar-refractivity contribution is 5.46. The lowest BCUT2D eigenvalue weighted by Gasteiger charge is -2.33. The normalized spacial score (nSPS) is 28.2. The topological polar surface area (TPSA) is 12.0 Å². The molecular formula is C14H18F3N. The molecule has 18 heavy (non-hydrogen) atoms. The molecule has 1 aliphatic rings. The van der Waals surface area contributed by atoms with Crippen LogP contribution in [0.5, 0.6) is 0 Å². The van der Waals surface area contributed by atoms with Gasteiger partial charge in [-0.1, -0.05) is 13.8 Å². The minimum atomic E-state index is -1.15. The SMILES string of the molecule is CC1CCC(Nc2cc(F)c(F)cc2F)C(C)C1. The van der Waals surface area contributed by atoms with E-state index < -0.39 is 17.5 Å². The van der Waals surface area contributed by atoms with Crippen molar-refractivity contribution in [2.24, 2.45) is 11.8 Å². The quantitative estimate of drug-likeness (QED) is 0.777. The molecule has 3 atom stereocenters. The molecule has 1 aliphatic carbocycles. The summed E-state index contributed by atoms with van der Waals surface area (Å²) in [4.78, 5) is 0. The second-order valence-electron chi connectivity index (χ2n) is 5.39. The van der Waals surface area contributed by atoms with Crippen molar-refractivity contribution in [3.05, 3.63) is 29.6 Å². The van der Waals surface area contributed by atoms with Crippen molar-refractivity contribution in [3.8, 4) is 0 Å². The van der Waals surface area contributed by atoms with Gasteiger partial charge >= 0.3 is 0 Å². The fourth-order valence-electron chi connectivity index (χ4n) is 2.71. The second kappa shape index (κ2) is 5.21. The highest BCUT2D eigenvalue weighted by Gasteiger charge is 2.26. The van der Waals surface area contributed by atoms with Gasteiger partial charge in [0.15, 0.2) is 11.6 Å². The highest BCUT2D eigenvalue weighted by Crippen LogP contribution is 2.31. The molecule has 0 bridgehead atoms. The lowest BCUT2D eigenvalue weighted by molar-refractivity contribution is 0.276. The minimum Gasteiger partial charge on any atom is -0.380 e. The summed E-state index contributed by atoms with van der Waals surface area (Å²) in [7, 11) is 0. The van der Waals surface area contributed by atoms with Crippen LogP contribution in [0.3, 0.4) is 0 Å². The van der Waals surface area contributed by atoms with Crippen molar-refractivity contribution in [1.29, 1.82) is 0 Å². The van der Waals surface area contributed by atoms with Crippen molar-refractivity contribution in [2.45, 2.75) is 39.2 Å². The second-order valence-corrected chi connectivity index (χ2v) is 5.39. The average molecular weight is 257 g/mol. The Morgan fingerprint density at radius 3 is 2.33 bits per heavy atom. The number of rotatable bonds is 2. The summed E-state index contributed by atoms with van der Waals surface area (Å²) < 4.78 is 39.4. The molecule has 0 aromatic heterocycles. The Morgan fingerprint density at radius 1 is 1.00 bits per heavy atom. The van der Waals surface area contributed by atoms with E-state index in [1.807, 2.05) is 0 Å². The molecule has 1 aromatic carbocycles. The highest BCUT2D eigenvalue weighted by atomic mass is 19.2. The van der Waals surface area contributed by atoms with Crippen LogP contribution in [0, 0.1) is 29.3 Å². The largest absolute Gasteiger partial charge is 0.380 e. The van der Waals surface area contributed by atoms with Crippen LogP contribution in [-0.2, 0) is 0 Å². The van der Waals surface area contributed by atoms with Gasteiger partial charge in [-0.25, -0.2) is 13.2 Å². The van der Waals surface area contributed by atoms with E-state index in [0.717, 1.165) is 25.3 Å². The van der Waals surface area contributed by atoms with Crippen LogP contribution in [0.2, 0.25) is 0 Å². The zero-order valence-electron chi connectivity index (χ0n) is 10.6. The molecule has 100 valence electrons. The number of anilines is 1. The molecular weight excluding hydrogens is 239 g/mol. The van der Waals surface area contributed by atoms with Crippen molar-refractivity contribution in [1.82, 2.24) is 0 Å². The third-order valence-electron chi connectivity index (χ3n) is 3.78. The van der Waals surface area contributed by atoms with Gasteiger partial charge in [0, 0.05) is 18.2 Å². The summed E-state index contributed by atoms with van der Waals surface area (Å²) in [6.45, 7) is 4.30. The van der Waals surface area contributed by atoms with E-state index in [0.29, 0.717) is 17.9 Å². The van der Waals surface area contributed by atoms with E-state index in [9.17, 15) is 13.2 Å². The van der Waals surface area contributed by atoms with E-state index in [1.54, 1.807) is 0 Å². The fraction of sp³-hybridized carbons (Fsp3) is 0.571. The molecule has 4 heteroatoms. The molecule has 0 amide bonds. The van der Waals surface area contributed by atoms with Crippen molar-refractivity contribution < 1.29 is 13.2 Å². The summed E-state index contributed by atoms with van der Waals surface area (Å²) in [6.07, 6.45) is 3.08. The number of hydrogen-bond acceptors (Lipinski definition) is 1. The first kappa shape index (κ1) is 13.2. The van der Waals surface area contributed by atoms with E-state index in [2.05, 4.69) is 19.2 Å². The summed E-state index contributed by atoms with van der Waals surface area (Å²) >= 11 is 0.